The highest BCUT2D eigenvalue weighted by Gasteiger charge is 2.15. The molecule has 0 aliphatic heterocycles. The average Bonchev–Trinajstić information content (AvgIpc) is 2.61. The van der Waals surface area contributed by atoms with Crippen molar-refractivity contribution in [3.63, 3.8) is 0 Å². The first kappa shape index (κ1) is 18.8. The van der Waals surface area contributed by atoms with E-state index < -0.39 is 29.3 Å². The van der Waals surface area contributed by atoms with Crippen LogP contribution >= 0.6 is 0 Å². The second-order valence-electron chi connectivity index (χ2n) is 5.25. The first-order chi connectivity index (χ1) is 12.0. The maximum Gasteiger partial charge on any atom is 0.339 e. The molecule has 5 nitrogen and oxygen atoms in total. The van der Waals surface area contributed by atoms with Crippen molar-refractivity contribution in [2.45, 2.75) is 11.3 Å². The minimum absolute atomic E-state index is 0.183. The van der Waals surface area contributed by atoms with Crippen molar-refractivity contribution >= 4 is 22.7 Å². The van der Waals surface area contributed by atoms with Gasteiger partial charge in [-0.05, 0) is 36.2 Å². The molecule has 0 saturated heterocycles. The highest BCUT2D eigenvalue weighted by Crippen LogP contribution is 2.13. The Morgan fingerprint density at radius 1 is 1.12 bits per heavy atom. The van der Waals surface area contributed by atoms with Gasteiger partial charge in [-0.15, -0.1) is 0 Å². The molecule has 0 aromatic heterocycles. The Morgan fingerprint density at radius 2 is 1.80 bits per heavy atom. The molecule has 0 saturated carbocycles. The first-order valence-electron chi connectivity index (χ1n) is 7.58. The molecule has 1 N–H and O–H groups in total. The van der Waals surface area contributed by atoms with E-state index in [2.05, 4.69) is 5.32 Å². The summed E-state index contributed by atoms with van der Waals surface area (Å²) in [4.78, 5) is 24.1. The number of amides is 1. The largest absolute Gasteiger partial charge is 0.452 e. The molecule has 0 unspecified atom stereocenters. The summed E-state index contributed by atoms with van der Waals surface area (Å²) in [6.07, 6.45) is 2.01. The Balaban J connectivity index is 1.79. The number of hydrogen-bond acceptors (Lipinski definition) is 4. The third kappa shape index (κ3) is 5.79. The van der Waals surface area contributed by atoms with E-state index in [0.717, 1.165) is 5.56 Å². The summed E-state index contributed by atoms with van der Waals surface area (Å²) in [7, 11) is -1.33. The highest BCUT2D eigenvalue weighted by molar-refractivity contribution is 7.84. The number of halogens is 1. The summed E-state index contributed by atoms with van der Waals surface area (Å²) in [6, 6.07) is 12.4. The molecule has 0 bridgehead atoms. The standard InChI is InChI=1S/C18H18FNO4S/c1-25(23)16-5-3-2-4-15(16)18(22)24-12-17(21)20-11-10-13-6-8-14(19)9-7-13/h2-9H,10-12H2,1H3,(H,20,21)/t25-/m1/s1. The van der Waals surface area contributed by atoms with E-state index in [0.29, 0.717) is 17.9 Å². The molecule has 1 atom stereocenters. The van der Waals surface area contributed by atoms with Crippen molar-refractivity contribution in [1.82, 2.24) is 5.32 Å². The number of rotatable bonds is 7. The average molecular weight is 363 g/mol. The molecule has 0 spiro atoms. The molecular weight excluding hydrogens is 345 g/mol. The van der Waals surface area contributed by atoms with Crippen molar-refractivity contribution in [2.75, 3.05) is 19.4 Å². The van der Waals surface area contributed by atoms with Gasteiger partial charge in [-0.3, -0.25) is 9.00 Å². The normalized spacial score (nSPS) is 11.6. The zero-order chi connectivity index (χ0) is 18.2. The van der Waals surface area contributed by atoms with Gasteiger partial charge in [-0.1, -0.05) is 24.3 Å². The third-order valence-corrected chi connectivity index (χ3v) is 4.38. The second-order valence-corrected chi connectivity index (χ2v) is 6.60. The SMILES string of the molecule is C[S@@](=O)c1ccccc1C(=O)OCC(=O)NCCc1ccc(F)cc1. The molecule has 0 aliphatic carbocycles. The number of ether oxygens (including phenoxy) is 1. The Morgan fingerprint density at radius 3 is 2.48 bits per heavy atom. The molecule has 0 heterocycles. The smallest absolute Gasteiger partial charge is 0.339 e. The monoisotopic (exact) mass is 363 g/mol. The molecule has 2 aromatic rings. The Bertz CT molecular complexity index is 777. The lowest BCUT2D eigenvalue weighted by molar-refractivity contribution is -0.124. The molecule has 2 rings (SSSR count). The highest BCUT2D eigenvalue weighted by atomic mass is 32.2. The van der Waals surface area contributed by atoms with Gasteiger partial charge in [0.1, 0.15) is 5.82 Å². The number of carbonyl (C=O) groups excluding carboxylic acids is 2. The van der Waals surface area contributed by atoms with Crippen LogP contribution in [-0.2, 0) is 26.8 Å². The maximum absolute atomic E-state index is 12.8. The fourth-order valence-electron chi connectivity index (χ4n) is 2.14. The number of carbonyl (C=O) groups is 2. The van der Waals surface area contributed by atoms with Crippen LogP contribution in [0.15, 0.2) is 53.4 Å². The maximum atomic E-state index is 12.8. The van der Waals surface area contributed by atoms with Crippen LogP contribution in [-0.4, -0.2) is 35.5 Å². The zero-order valence-corrected chi connectivity index (χ0v) is 14.5. The van der Waals surface area contributed by atoms with Crippen molar-refractivity contribution in [1.29, 1.82) is 0 Å². The van der Waals surface area contributed by atoms with Gasteiger partial charge in [0.25, 0.3) is 5.91 Å². The zero-order valence-electron chi connectivity index (χ0n) is 13.7. The minimum atomic E-state index is -1.33. The van der Waals surface area contributed by atoms with Crippen LogP contribution in [0.3, 0.4) is 0 Å². The van der Waals surface area contributed by atoms with Crippen LogP contribution < -0.4 is 5.32 Å². The van der Waals surface area contributed by atoms with Crippen molar-refractivity contribution in [2.24, 2.45) is 0 Å². The van der Waals surface area contributed by atoms with Gasteiger partial charge in [0.2, 0.25) is 0 Å². The second kappa shape index (κ2) is 9.08. The Kier molecular flexibility index (Phi) is 6.82. The molecule has 0 fully saturated rings. The fraction of sp³-hybridized carbons (Fsp3) is 0.222. The van der Waals surface area contributed by atoms with Gasteiger partial charge in [0.15, 0.2) is 6.61 Å². The Hall–Kier alpha value is -2.54. The minimum Gasteiger partial charge on any atom is -0.452 e. The first-order valence-corrected chi connectivity index (χ1v) is 9.14. The van der Waals surface area contributed by atoms with Crippen LogP contribution in [0.5, 0.6) is 0 Å². The molecule has 2 aromatic carbocycles. The summed E-state index contributed by atoms with van der Waals surface area (Å²) >= 11 is 0. The van der Waals surface area contributed by atoms with Gasteiger partial charge in [-0.2, -0.15) is 0 Å². The van der Waals surface area contributed by atoms with Crippen molar-refractivity contribution in [3.8, 4) is 0 Å². The number of esters is 1. The number of benzene rings is 2. The fourth-order valence-corrected chi connectivity index (χ4v) is 2.87. The molecule has 25 heavy (non-hydrogen) atoms. The van der Waals surface area contributed by atoms with E-state index in [1.807, 2.05) is 0 Å². The van der Waals surface area contributed by atoms with Gasteiger partial charge in [-0.25, -0.2) is 9.18 Å². The van der Waals surface area contributed by atoms with Gasteiger partial charge in [0.05, 0.1) is 21.3 Å². The van der Waals surface area contributed by atoms with Crippen LogP contribution in [0.1, 0.15) is 15.9 Å². The quantitative estimate of drug-likeness (QED) is 0.765. The van der Waals surface area contributed by atoms with E-state index in [4.69, 9.17) is 4.74 Å². The summed E-state index contributed by atoms with van der Waals surface area (Å²) in [5.41, 5.74) is 1.07. The van der Waals surface area contributed by atoms with E-state index in [1.165, 1.54) is 24.5 Å². The van der Waals surface area contributed by atoms with E-state index >= 15 is 0 Å². The predicted octanol–water partition coefficient (Wildman–Crippen LogP) is 2.08. The van der Waals surface area contributed by atoms with Crippen LogP contribution in [0, 0.1) is 5.82 Å². The van der Waals surface area contributed by atoms with Crippen LogP contribution in [0.4, 0.5) is 4.39 Å². The van der Waals surface area contributed by atoms with E-state index in [1.54, 1.807) is 30.3 Å². The van der Waals surface area contributed by atoms with E-state index in [-0.39, 0.29) is 11.4 Å². The molecule has 1 amide bonds. The summed E-state index contributed by atoms with van der Waals surface area (Å²) in [6.45, 7) is -0.0789. The number of nitrogens with one attached hydrogen (secondary N) is 1. The van der Waals surface area contributed by atoms with E-state index in [9.17, 15) is 18.2 Å². The Labute approximate surface area is 147 Å². The summed E-state index contributed by atoms with van der Waals surface area (Å²) in [5.74, 6) is -1.45. The molecule has 0 aliphatic rings. The van der Waals surface area contributed by atoms with Gasteiger partial charge in [0, 0.05) is 12.8 Å². The van der Waals surface area contributed by atoms with Crippen molar-refractivity contribution < 1.29 is 22.9 Å². The summed E-state index contributed by atoms with van der Waals surface area (Å²) in [5, 5.41) is 2.62. The lowest BCUT2D eigenvalue weighted by atomic mass is 10.1. The molecular formula is C18H18FNO4S. The van der Waals surface area contributed by atoms with Gasteiger partial charge >= 0.3 is 5.97 Å². The predicted molar refractivity (Wildman–Crippen MR) is 92.2 cm³/mol. The van der Waals surface area contributed by atoms with Crippen molar-refractivity contribution in [3.05, 3.63) is 65.5 Å². The third-order valence-electron chi connectivity index (χ3n) is 3.40. The lowest BCUT2D eigenvalue weighted by Crippen LogP contribution is -2.30. The molecule has 0 radical (unpaired) electrons. The molecule has 132 valence electrons. The van der Waals surface area contributed by atoms with Gasteiger partial charge < -0.3 is 10.1 Å². The lowest BCUT2D eigenvalue weighted by Gasteiger charge is -2.08. The van der Waals surface area contributed by atoms with Crippen LogP contribution in [0.25, 0.3) is 0 Å². The van der Waals surface area contributed by atoms with Crippen LogP contribution in [0.2, 0.25) is 0 Å². The summed E-state index contributed by atoms with van der Waals surface area (Å²) < 4.78 is 29.4. The molecule has 7 heteroatoms. The number of hydrogen-bond donors (Lipinski definition) is 1. The topological polar surface area (TPSA) is 72.5 Å².